The van der Waals surface area contributed by atoms with Crippen molar-refractivity contribution in [2.24, 2.45) is 0 Å². The van der Waals surface area contributed by atoms with Gasteiger partial charge in [0, 0.05) is 35.7 Å². The van der Waals surface area contributed by atoms with Crippen LogP contribution in [0.25, 0.3) is 10.8 Å². The third-order valence-corrected chi connectivity index (χ3v) is 3.47. The van der Waals surface area contributed by atoms with Gasteiger partial charge in [-0.2, -0.15) is 0 Å². The highest BCUT2D eigenvalue weighted by molar-refractivity contribution is 6.31. The molecular formula is C18H19ClO5. The summed E-state index contributed by atoms with van der Waals surface area (Å²) in [4.78, 5) is 22.9. The van der Waals surface area contributed by atoms with Crippen LogP contribution in [-0.2, 0) is 9.59 Å². The molecule has 0 N–H and O–H groups in total. The summed E-state index contributed by atoms with van der Waals surface area (Å²) in [7, 11) is 0. The maximum Gasteiger partial charge on any atom is 0.308 e. The predicted molar refractivity (Wildman–Crippen MR) is 92.0 cm³/mol. The van der Waals surface area contributed by atoms with Gasteiger partial charge in [-0.15, -0.1) is 0 Å². The highest BCUT2D eigenvalue weighted by atomic mass is 35.5. The molecule has 0 atom stereocenters. The van der Waals surface area contributed by atoms with Gasteiger partial charge in [-0.05, 0) is 24.6 Å². The fraction of sp³-hybridized carbons (Fsp3) is 0.333. The van der Waals surface area contributed by atoms with E-state index in [-0.39, 0.29) is 0 Å². The minimum Gasteiger partial charge on any atom is -0.490 e. The van der Waals surface area contributed by atoms with Gasteiger partial charge in [-0.3, -0.25) is 9.59 Å². The van der Waals surface area contributed by atoms with Crippen molar-refractivity contribution in [2.75, 3.05) is 6.61 Å². The summed E-state index contributed by atoms with van der Waals surface area (Å²) in [5.41, 5.74) is 0. The molecule has 0 amide bonds. The van der Waals surface area contributed by atoms with Crippen LogP contribution in [0.2, 0.25) is 5.02 Å². The SMILES string of the molecule is CCCCOc1cc(OC(C)=O)c2cc(Cl)ccc2c1OC(C)=O. The summed E-state index contributed by atoms with van der Waals surface area (Å²) in [6.45, 7) is 5.14. The Morgan fingerprint density at radius 1 is 1.00 bits per heavy atom. The van der Waals surface area contributed by atoms with E-state index in [1.54, 1.807) is 24.3 Å². The lowest BCUT2D eigenvalue weighted by molar-refractivity contribution is -0.133. The van der Waals surface area contributed by atoms with Gasteiger partial charge in [0.1, 0.15) is 5.75 Å². The summed E-state index contributed by atoms with van der Waals surface area (Å²) >= 11 is 6.05. The number of ether oxygens (including phenoxy) is 3. The van der Waals surface area contributed by atoms with Crippen molar-refractivity contribution in [1.29, 1.82) is 0 Å². The number of unbranched alkanes of at least 4 members (excludes halogenated alkanes) is 1. The van der Waals surface area contributed by atoms with Gasteiger partial charge in [0.05, 0.1) is 6.61 Å². The smallest absolute Gasteiger partial charge is 0.308 e. The van der Waals surface area contributed by atoms with Crippen molar-refractivity contribution in [1.82, 2.24) is 0 Å². The van der Waals surface area contributed by atoms with E-state index in [2.05, 4.69) is 0 Å². The van der Waals surface area contributed by atoms with Gasteiger partial charge >= 0.3 is 11.9 Å². The van der Waals surface area contributed by atoms with Gasteiger partial charge in [0.25, 0.3) is 0 Å². The highest BCUT2D eigenvalue weighted by Crippen LogP contribution is 2.43. The molecule has 2 rings (SSSR count). The standard InChI is InChI=1S/C18H19ClO5/c1-4-5-8-22-17-10-16(23-11(2)20)15-9-13(19)6-7-14(15)18(17)24-12(3)21/h6-7,9-10H,4-5,8H2,1-3H3. The zero-order valence-electron chi connectivity index (χ0n) is 13.8. The van der Waals surface area contributed by atoms with Crippen LogP contribution in [0.3, 0.4) is 0 Å². The van der Waals surface area contributed by atoms with Gasteiger partial charge in [-0.1, -0.05) is 24.9 Å². The molecule has 0 radical (unpaired) electrons. The van der Waals surface area contributed by atoms with Gasteiger partial charge < -0.3 is 14.2 Å². The Morgan fingerprint density at radius 3 is 2.33 bits per heavy atom. The average Bonchev–Trinajstić information content (AvgIpc) is 2.50. The number of fused-ring (bicyclic) bond motifs is 1. The van der Waals surface area contributed by atoms with E-state index in [0.717, 1.165) is 12.8 Å². The van der Waals surface area contributed by atoms with E-state index in [1.807, 2.05) is 6.92 Å². The number of hydrogen-bond donors (Lipinski definition) is 0. The van der Waals surface area contributed by atoms with Crippen LogP contribution in [0.5, 0.6) is 17.2 Å². The van der Waals surface area contributed by atoms with E-state index in [1.165, 1.54) is 13.8 Å². The van der Waals surface area contributed by atoms with Gasteiger partial charge in [0.2, 0.25) is 0 Å². The molecule has 0 fully saturated rings. The predicted octanol–water partition coefficient (Wildman–Crippen LogP) is 4.52. The topological polar surface area (TPSA) is 61.8 Å². The van der Waals surface area contributed by atoms with Crippen molar-refractivity contribution >= 4 is 34.3 Å². The summed E-state index contributed by atoms with van der Waals surface area (Å²) in [6, 6.07) is 6.58. The molecule has 0 bridgehead atoms. The Balaban J connectivity index is 2.64. The number of carbonyl (C=O) groups excluding carboxylic acids is 2. The molecule has 6 heteroatoms. The first kappa shape index (κ1) is 18.1. The quantitative estimate of drug-likeness (QED) is 0.435. The zero-order chi connectivity index (χ0) is 17.7. The van der Waals surface area contributed by atoms with Gasteiger partial charge in [0.15, 0.2) is 11.5 Å². The number of hydrogen-bond acceptors (Lipinski definition) is 5. The molecular weight excluding hydrogens is 332 g/mol. The van der Waals surface area contributed by atoms with Crippen molar-refractivity contribution in [2.45, 2.75) is 33.6 Å². The number of rotatable bonds is 6. The Bertz CT molecular complexity index is 770. The van der Waals surface area contributed by atoms with Crippen LogP contribution in [-0.4, -0.2) is 18.5 Å². The molecule has 0 aliphatic rings. The van der Waals surface area contributed by atoms with Crippen LogP contribution < -0.4 is 14.2 Å². The van der Waals surface area contributed by atoms with Crippen LogP contribution in [0.15, 0.2) is 24.3 Å². The van der Waals surface area contributed by atoms with E-state index in [4.69, 9.17) is 25.8 Å². The largest absolute Gasteiger partial charge is 0.490 e. The van der Waals surface area contributed by atoms with Crippen LogP contribution in [0.1, 0.15) is 33.6 Å². The second-order valence-corrected chi connectivity index (χ2v) is 5.72. The Morgan fingerprint density at radius 2 is 1.71 bits per heavy atom. The van der Waals surface area contributed by atoms with Crippen molar-refractivity contribution in [3.8, 4) is 17.2 Å². The van der Waals surface area contributed by atoms with E-state index < -0.39 is 11.9 Å². The fourth-order valence-electron chi connectivity index (χ4n) is 2.24. The fourth-order valence-corrected chi connectivity index (χ4v) is 2.41. The molecule has 24 heavy (non-hydrogen) atoms. The van der Waals surface area contributed by atoms with Crippen LogP contribution in [0.4, 0.5) is 0 Å². The molecule has 5 nitrogen and oxygen atoms in total. The lowest BCUT2D eigenvalue weighted by atomic mass is 10.1. The summed E-state index contributed by atoms with van der Waals surface area (Å²) in [5.74, 6) is 0.0242. The van der Waals surface area contributed by atoms with Crippen LogP contribution in [0, 0.1) is 0 Å². The Labute approximate surface area is 145 Å². The molecule has 0 aromatic heterocycles. The molecule has 128 valence electrons. The lowest BCUT2D eigenvalue weighted by Crippen LogP contribution is -2.08. The molecule has 0 unspecified atom stereocenters. The number of carbonyl (C=O) groups is 2. The molecule has 0 heterocycles. The molecule has 2 aromatic rings. The second-order valence-electron chi connectivity index (χ2n) is 5.28. The van der Waals surface area contributed by atoms with Crippen molar-refractivity contribution in [3.05, 3.63) is 29.3 Å². The summed E-state index contributed by atoms with van der Waals surface area (Å²) < 4.78 is 16.4. The molecule has 0 saturated heterocycles. The summed E-state index contributed by atoms with van der Waals surface area (Å²) in [5, 5.41) is 1.63. The maximum atomic E-state index is 11.5. The zero-order valence-corrected chi connectivity index (χ0v) is 14.6. The monoisotopic (exact) mass is 350 g/mol. The molecule has 0 aliphatic carbocycles. The minimum atomic E-state index is -0.466. The normalized spacial score (nSPS) is 10.5. The first-order valence-electron chi connectivity index (χ1n) is 7.68. The molecule has 2 aromatic carbocycles. The number of benzene rings is 2. The first-order valence-corrected chi connectivity index (χ1v) is 8.06. The summed E-state index contributed by atoms with van der Waals surface area (Å²) in [6.07, 6.45) is 1.81. The van der Waals surface area contributed by atoms with Crippen LogP contribution >= 0.6 is 11.6 Å². The average molecular weight is 351 g/mol. The maximum absolute atomic E-state index is 11.5. The third-order valence-electron chi connectivity index (χ3n) is 3.23. The van der Waals surface area contributed by atoms with E-state index >= 15 is 0 Å². The number of esters is 2. The van der Waals surface area contributed by atoms with Crippen molar-refractivity contribution < 1.29 is 23.8 Å². The minimum absolute atomic E-state index is 0.293. The van der Waals surface area contributed by atoms with E-state index in [0.29, 0.717) is 39.7 Å². The third kappa shape index (κ3) is 4.38. The molecule has 0 saturated carbocycles. The van der Waals surface area contributed by atoms with Crippen molar-refractivity contribution in [3.63, 3.8) is 0 Å². The Kier molecular flexibility index (Phi) is 6.04. The second kappa shape index (κ2) is 8.02. The van der Waals surface area contributed by atoms with Gasteiger partial charge in [-0.25, -0.2) is 0 Å². The first-order chi connectivity index (χ1) is 11.4. The molecule has 0 aliphatic heterocycles. The Hall–Kier alpha value is -2.27. The number of halogens is 1. The molecule has 0 spiro atoms. The van der Waals surface area contributed by atoms with E-state index in [9.17, 15) is 9.59 Å². The lowest BCUT2D eigenvalue weighted by Gasteiger charge is -2.16. The highest BCUT2D eigenvalue weighted by Gasteiger charge is 2.18.